The van der Waals surface area contributed by atoms with Crippen molar-refractivity contribution in [2.24, 2.45) is 5.10 Å². The number of rotatable bonds is 2. The molecule has 0 spiro atoms. The van der Waals surface area contributed by atoms with E-state index in [1.165, 1.54) is 12.1 Å². The van der Waals surface area contributed by atoms with Crippen molar-refractivity contribution in [3.8, 4) is 5.75 Å². The molecule has 0 aromatic heterocycles. The van der Waals surface area contributed by atoms with Crippen molar-refractivity contribution >= 4 is 17.3 Å². The molecule has 0 fully saturated rings. The van der Waals surface area contributed by atoms with Gasteiger partial charge in [0.15, 0.2) is 11.6 Å². The molecule has 3 aromatic carbocycles. The van der Waals surface area contributed by atoms with E-state index in [0.29, 0.717) is 17.0 Å². The molecule has 0 radical (unpaired) electrons. The lowest BCUT2D eigenvalue weighted by molar-refractivity contribution is -0.0192. The van der Waals surface area contributed by atoms with Gasteiger partial charge in [-0.3, -0.25) is 0 Å². The van der Waals surface area contributed by atoms with E-state index in [1.54, 1.807) is 0 Å². The number of ether oxygens (including phenoxy) is 1. The molecule has 0 N–H and O–H groups in total. The number of fused-ring (bicyclic) bond motifs is 3. The Hall–Kier alpha value is -2.92. The van der Waals surface area contributed by atoms with Crippen LogP contribution in [0.4, 0.5) is 8.78 Å². The fourth-order valence-corrected chi connectivity index (χ4v) is 3.86. The molecule has 0 saturated heterocycles. The summed E-state index contributed by atoms with van der Waals surface area (Å²) in [4.78, 5) is 0. The largest absolute Gasteiger partial charge is 0.464 e. The lowest BCUT2D eigenvalue weighted by Crippen LogP contribution is -2.33. The second-order valence-corrected chi connectivity index (χ2v) is 7.27. The average molecular weight is 397 g/mol. The predicted molar refractivity (Wildman–Crippen MR) is 103 cm³/mol. The summed E-state index contributed by atoms with van der Waals surface area (Å²) in [6, 6.07) is 19.0. The number of nitrogens with zero attached hydrogens (tertiary/aromatic N) is 2. The Labute approximate surface area is 165 Å². The van der Waals surface area contributed by atoms with Crippen molar-refractivity contribution < 1.29 is 13.5 Å². The van der Waals surface area contributed by atoms with E-state index in [4.69, 9.17) is 21.4 Å². The zero-order chi connectivity index (χ0) is 19.3. The quantitative estimate of drug-likeness (QED) is 0.542. The van der Waals surface area contributed by atoms with E-state index >= 15 is 0 Å². The molecule has 2 aliphatic heterocycles. The van der Waals surface area contributed by atoms with E-state index in [0.717, 1.165) is 28.7 Å². The lowest BCUT2D eigenvalue weighted by atomic mass is 9.96. The second kappa shape index (κ2) is 6.60. The summed E-state index contributed by atoms with van der Waals surface area (Å²) in [5, 5.41) is 7.28. The van der Waals surface area contributed by atoms with Gasteiger partial charge >= 0.3 is 0 Å². The molecule has 0 saturated carbocycles. The molecule has 3 nitrogen and oxygen atoms in total. The summed E-state index contributed by atoms with van der Waals surface area (Å²) >= 11 is 6.00. The average Bonchev–Trinajstić information content (AvgIpc) is 3.16. The molecule has 0 amide bonds. The van der Waals surface area contributed by atoms with Gasteiger partial charge in [0.05, 0.1) is 11.8 Å². The minimum Gasteiger partial charge on any atom is -0.464 e. The van der Waals surface area contributed by atoms with E-state index in [-0.39, 0.29) is 6.04 Å². The van der Waals surface area contributed by atoms with Gasteiger partial charge in [0.25, 0.3) is 0 Å². The van der Waals surface area contributed by atoms with Crippen molar-refractivity contribution in [2.75, 3.05) is 0 Å². The highest BCUT2D eigenvalue weighted by Gasteiger charge is 2.41. The van der Waals surface area contributed by atoms with Crippen LogP contribution >= 0.6 is 11.6 Å². The third-order valence-electron chi connectivity index (χ3n) is 5.11. The van der Waals surface area contributed by atoms with Crippen molar-refractivity contribution in [3.63, 3.8) is 0 Å². The summed E-state index contributed by atoms with van der Waals surface area (Å²) in [5.74, 6) is -1.06. The van der Waals surface area contributed by atoms with Crippen LogP contribution < -0.4 is 4.74 Å². The Bertz CT molecular complexity index is 1080. The summed E-state index contributed by atoms with van der Waals surface area (Å²) in [7, 11) is 0. The van der Waals surface area contributed by atoms with Gasteiger partial charge in [-0.2, -0.15) is 5.10 Å². The smallest absolute Gasteiger partial charge is 0.213 e. The van der Waals surface area contributed by atoms with Gasteiger partial charge in [0.1, 0.15) is 5.75 Å². The van der Waals surface area contributed by atoms with Crippen LogP contribution in [0.5, 0.6) is 5.75 Å². The number of halogens is 3. The normalized spacial score (nSPS) is 20.2. The monoisotopic (exact) mass is 396 g/mol. The third kappa shape index (κ3) is 2.83. The van der Waals surface area contributed by atoms with Gasteiger partial charge in [-0.05, 0) is 35.9 Å². The Balaban J connectivity index is 1.59. The van der Waals surface area contributed by atoms with Gasteiger partial charge in [0.2, 0.25) is 6.23 Å². The summed E-state index contributed by atoms with van der Waals surface area (Å²) < 4.78 is 33.4. The summed E-state index contributed by atoms with van der Waals surface area (Å²) in [6.07, 6.45) is 0.0436. The van der Waals surface area contributed by atoms with E-state index in [9.17, 15) is 8.78 Å². The van der Waals surface area contributed by atoms with Crippen LogP contribution in [-0.2, 0) is 0 Å². The third-order valence-corrected chi connectivity index (χ3v) is 5.36. The van der Waals surface area contributed by atoms with E-state index in [1.807, 2.05) is 53.5 Å². The molecular weight excluding hydrogens is 382 g/mol. The van der Waals surface area contributed by atoms with E-state index < -0.39 is 17.9 Å². The zero-order valence-corrected chi connectivity index (χ0v) is 15.4. The summed E-state index contributed by atoms with van der Waals surface area (Å²) in [5.41, 5.74) is 3.41. The van der Waals surface area contributed by atoms with Crippen LogP contribution in [0.2, 0.25) is 5.02 Å². The van der Waals surface area contributed by atoms with Crippen LogP contribution in [-0.4, -0.2) is 10.7 Å². The predicted octanol–water partition coefficient (Wildman–Crippen LogP) is 5.86. The number of hydrogen-bond donors (Lipinski definition) is 0. The molecule has 3 aromatic rings. The molecule has 6 heteroatoms. The zero-order valence-electron chi connectivity index (χ0n) is 14.6. The molecule has 2 aliphatic rings. The Morgan fingerprint density at radius 3 is 2.54 bits per heavy atom. The molecule has 140 valence electrons. The van der Waals surface area contributed by atoms with Crippen molar-refractivity contribution in [1.29, 1.82) is 0 Å². The standard InChI is InChI=1S/C22H15ClF2N2O/c23-15-8-5-13(6-9-15)19-12-20-16-3-1-2-4-21(16)28-22(27(20)26-19)14-7-10-17(24)18(25)11-14/h1-11,20,22H,12H2/t20-,22-/m1/s1. The molecule has 0 aliphatic carbocycles. The van der Waals surface area contributed by atoms with Gasteiger partial charge < -0.3 is 4.74 Å². The van der Waals surface area contributed by atoms with Gasteiger partial charge in [-0.15, -0.1) is 0 Å². The van der Waals surface area contributed by atoms with Crippen LogP contribution in [0.3, 0.4) is 0 Å². The topological polar surface area (TPSA) is 24.8 Å². The van der Waals surface area contributed by atoms with Crippen LogP contribution in [0.25, 0.3) is 0 Å². The SMILES string of the molecule is Fc1ccc([C@H]2Oc3ccccc3[C@H]3CC(c4ccc(Cl)cc4)=NN32)cc1F. The molecule has 0 bridgehead atoms. The van der Waals surface area contributed by atoms with Crippen LogP contribution in [0, 0.1) is 11.6 Å². The Morgan fingerprint density at radius 1 is 0.964 bits per heavy atom. The maximum absolute atomic E-state index is 13.9. The maximum atomic E-state index is 13.9. The van der Waals surface area contributed by atoms with Gasteiger partial charge in [-0.1, -0.05) is 48.0 Å². The number of para-hydroxylation sites is 1. The van der Waals surface area contributed by atoms with Crippen LogP contribution in [0.15, 0.2) is 71.8 Å². The van der Waals surface area contributed by atoms with Crippen molar-refractivity contribution in [1.82, 2.24) is 5.01 Å². The molecule has 2 heterocycles. The summed E-state index contributed by atoms with van der Waals surface area (Å²) in [6.45, 7) is 0. The lowest BCUT2D eigenvalue weighted by Gasteiger charge is -2.38. The first-order valence-corrected chi connectivity index (χ1v) is 9.30. The second-order valence-electron chi connectivity index (χ2n) is 6.84. The first-order valence-electron chi connectivity index (χ1n) is 8.92. The molecule has 2 atom stereocenters. The first-order chi connectivity index (χ1) is 13.6. The highest BCUT2D eigenvalue weighted by molar-refractivity contribution is 6.30. The van der Waals surface area contributed by atoms with E-state index in [2.05, 4.69) is 0 Å². The molecular formula is C22H15ClF2N2O. The fourth-order valence-electron chi connectivity index (χ4n) is 3.74. The van der Waals surface area contributed by atoms with Crippen molar-refractivity contribution in [3.05, 3.63) is 100 Å². The highest BCUT2D eigenvalue weighted by atomic mass is 35.5. The minimum absolute atomic E-state index is 0.0475. The number of benzene rings is 3. The minimum atomic E-state index is -0.905. The Morgan fingerprint density at radius 2 is 1.75 bits per heavy atom. The first kappa shape index (κ1) is 17.2. The molecule has 28 heavy (non-hydrogen) atoms. The number of hydrogen-bond acceptors (Lipinski definition) is 3. The van der Waals surface area contributed by atoms with Crippen LogP contribution in [0.1, 0.15) is 35.4 Å². The van der Waals surface area contributed by atoms with Gasteiger partial charge in [0, 0.05) is 22.6 Å². The number of hydrazone groups is 1. The molecule has 0 unspecified atom stereocenters. The Kier molecular flexibility index (Phi) is 4.05. The molecule has 5 rings (SSSR count). The highest BCUT2D eigenvalue weighted by Crippen LogP contribution is 2.47. The maximum Gasteiger partial charge on any atom is 0.213 e. The fraction of sp³-hybridized carbons (Fsp3) is 0.136. The van der Waals surface area contributed by atoms with Gasteiger partial charge in [-0.25, -0.2) is 13.8 Å². The van der Waals surface area contributed by atoms with Crippen molar-refractivity contribution in [2.45, 2.75) is 18.7 Å².